The van der Waals surface area contributed by atoms with Crippen LogP contribution in [0.25, 0.3) is 0 Å². The second kappa shape index (κ2) is 8.19. The molecule has 1 fully saturated rings. The molecule has 1 heterocycles. The van der Waals surface area contributed by atoms with Gasteiger partial charge in [0.15, 0.2) is 9.84 Å². The highest BCUT2D eigenvalue weighted by Gasteiger charge is 2.35. The number of aliphatic hydroxyl groups excluding tert-OH is 1. The van der Waals surface area contributed by atoms with E-state index >= 15 is 0 Å². The maximum absolute atomic E-state index is 14.1. The lowest BCUT2D eigenvalue weighted by atomic mass is 10.1. The molecule has 1 saturated heterocycles. The smallest absolute Gasteiger partial charge is 0.251 e. The number of rotatable bonds is 4. The van der Waals surface area contributed by atoms with Gasteiger partial charge in [0.2, 0.25) is 0 Å². The van der Waals surface area contributed by atoms with Crippen LogP contribution in [0, 0.1) is 5.82 Å². The van der Waals surface area contributed by atoms with E-state index in [4.69, 9.17) is 0 Å². The number of halogens is 1. The Kier molecular flexibility index (Phi) is 5.92. The fourth-order valence-corrected chi connectivity index (χ4v) is 5.19. The van der Waals surface area contributed by atoms with Crippen LogP contribution in [0.5, 0.6) is 0 Å². The quantitative estimate of drug-likeness (QED) is 0.866. The second-order valence-electron chi connectivity index (χ2n) is 6.70. The molecule has 5 nitrogen and oxygen atoms in total. The molecule has 0 radical (unpaired) electrons. The van der Waals surface area contributed by atoms with Crippen LogP contribution in [-0.2, 0) is 21.1 Å². The molecule has 0 unspecified atom stereocenters. The second-order valence-corrected chi connectivity index (χ2v) is 9.00. The van der Waals surface area contributed by atoms with Crippen LogP contribution in [0.1, 0.15) is 22.8 Å². The van der Waals surface area contributed by atoms with Gasteiger partial charge < -0.3 is 10.0 Å². The minimum absolute atomic E-state index is 0.00201. The number of carbonyl (C=O) groups excluding carboxylic acids is 1. The van der Waals surface area contributed by atoms with Crippen molar-refractivity contribution in [3.8, 4) is 0 Å². The Morgan fingerprint density at radius 2 is 1.78 bits per heavy atom. The topological polar surface area (TPSA) is 74.7 Å². The third-order valence-corrected chi connectivity index (χ3v) is 6.97. The third-order valence-electron chi connectivity index (χ3n) is 4.86. The molecular formula is C20H22FNO4S. The Morgan fingerprint density at radius 1 is 1.11 bits per heavy atom. The summed E-state index contributed by atoms with van der Waals surface area (Å²) in [6.45, 7) is 0.154. The highest BCUT2D eigenvalue weighted by Crippen LogP contribution is 2.31. The normalized spacial score (nSPS) is 20.7. The molecule has 3 rings (SSSR count). The molecule has 1 amide bonds. The van der Waals surface area contributed by atoms with Gasteiger partial charge in [-0.1, -0.05) is 48.5 Å². The summed E-state index contributed by atoms with van der Waals surface area (Å²) in [6, 6.07) is 15.0. The minimum atomic E-state index is -3.60. The number of amides is 1. The molecule has 2 atom stereocenters. The molecule has 144 valence electrons. The minimum Gasteiger partial charge on any atom is -0.383 e. The number of nitrogens with zero attached hydrogens (tertiary/aromatic N) is 1. The molecule has 1 N–H and O–H groups in total. The van der Waals surface area contributed by atoms with Crippen molar-refractivity contribution in [3.05, 3.63) is 71.5 Å². The van der Waals surface area contributed by atoms with Crippen molar-refractivity contribution in [2.75, 3.05) is 18.8 Å². The average Bonchev–Trinajstić information content (AvgIpc) is 2.80. The first kappa shape index (κ1) is 19.5. The first-order valence-electron chi connectivity index (χ1n) is 8.85. The summed E-state index contributed by atoms with van der Waals surface area (Å²) in [6.07, 6.45) is -0.965. The van der Waals surface area contributed by atoms with Crippen LogP contribution in [0.4, 0.5) is 4.39 Å². The molecule has 7 heteroatoms. The van der Waals surface area contributed by atoms with Gasteiger partial charge >= 0.3 is 0 Å². The van der Waals surface area contributed by atoms with E-state index in [-0.39, 0.29) is 37.2 Å². The largest absolute Gasteiger partial charge is 0.383 e. The van der Waals surface area contributed by atoms with E-state index in [0.29, 0.717) is 0 Å². The summed E-state index contributed by atoms with van der Waals surface area (Å²) in [5.41, 5.74) is 0.960. The van der Waals surface area contributed by atoms with Gasteiger partial charge in [-0.25, -0.2) is 12.8 Å². The predicted octanol–water partition coefficient (Wildman–Crippen LogP) is 2.12. The summed E-state index contributed by atoms with van der Waals surface area (Å²) in [4.78, 5) is 14.0. The highest BCUT2D eigenvalue weighted by atomic mass is 32.2. The zero-order valence-electron chi connectivity index (χ0n) is 14.8. The van der Waals surface area contributed by atoms with Gasteiger partial charge in [-0.3, -0.25) is 4.79 Å². The van der Waals surface area contributed by atoms with Crippen LogP contribution in [-0.4, -0.2) is 49.3 Å². The Labute approximate surface area is 158 Å². The standard InChI is InChI=1S/C20H22FNO4S/c21-17-9-5-4-8-16(17)19-10-11-22(12-13-27(19,25)26)20(24)18(23)14-15-6-2-1-3-7-15/h1-9,18-19,23H,10-14H2/t18-,19-/m1/s1. The summed E-state index contributed by atoms with van der Waals surface area (Å²) < 4.78 is 39.3. The van der Waals surface area contributed by atoms with Gasteiger partial charge in [-0.05, 0) is 18.1 Å². The van der Waals surface area contributed by atoms with Gasteiger partial charge in [-0.2, -0.15) is 0 Å². The summed E-state index contributed by atoms with van der Waals surface area (Å²) >= 11 is 0. The van der Waals surface area contributed by atoms with Crippen molar-refractivity contribution in [1.82, 2.24) is 4.90 Å². The Hall–Kier alpha value is -2.25. The molecule has 2 aromatic rings. The summed E-state index contributed by atoms with van der Waals surface area (Å²) in [5, 5.41) is 9.29. The van der Waals surface area contributed by atoms with E-state index in [1.165, 1.54) is 23.1 Å². The molecule has 27 heavy (non-hydrogen) atoms. The Morgan fingerprint density at radius 3 is 2.48 bits per heavy atom. The Balaban J connectivity index is 1.73. The molecule has 1 aliphatic rings. The molecule has 2 aromatic carbocycles. The third kappa shape index (κ3) is 4.54. The maximum atomic E-state index is 14.1. The zero-order valence-corrected chi connectivity index (χ0v) is 15.6. The van der Waals surface area contributed by atoms with Crippen LogP contribution in [0.2, 0.25) is 0 Å². The molecule has 0 saturated carbocycles. The number of aliphatic hydroxyl groups is 1. The van der Waals surface area contributed by atoms with Crippen molar-refractivity contribution in [3.63, 3.8) is 0 Å². The van der Waals surface area contributed by atoms with Crippen molar-refractivity contribution in [1.29, 1.82) is 0 Å². The van der Waals surface area contributed by atoms with E-state index in [9.17, 15) is 22.7 Å². The van der Waals surface area contributed by atoms with E-state index < -0.39 is 32.9 Å². The lowest BCUT2D eigenvalue weighted by molar-refractivity contribution is -0.139. The van der Waals surface area contributed by atoms with Crippen LogP contribution in [0.15, 0.2) is 54.6 Å². The van der Waals surface area contributed by atoms with Gasteiger partial charge in [0.1, 0.15) is 11.9 Å². The van der Waals surface area contributed by atoms with Gasteiger partial charge in [-0.15, -0.1) is 0 Å². The fraction of sp³-hybridized carbons (Fsp3) is 0.350. The van der Waals surface area contributed by atoms with Gasteiger partial charge in [0, 0.05) is 25.1 Å². The number of hydrogen-bond donors (Lipinski definition) is 1. The first-order chi connectivity index (χ1) is 12.9. The lowest BCUT2D eigenvalue weighted by Gasteiger charge is -2.23. The van der Waals surface area contributed by atoms with E-state index in [0.717, 1.165) is 5.56 Å². The zero-order chi connectivity index (χ0) is 19.4. The maximum Gasteiger partial charge on any atom is 0.251 e. The molecule has 0 spiro atoms. The van der Waals surface area contributed by atoms with E-state index in [1.807, 2.05) is 30.3 Å². The molecular weight excluding hydrogens is 369 g/mol. The number of benzene rings is 2. The molecule has 1 aliphatic heterocycles. The molecule has 0 aliphatic carbocycles. The van der Waals surface area contributed by atoms with Crippen molar-refractivity contribution in [2.45, 2.75) is 24.2 Å². The first-order valence-corrected chi connectivity index (χ1v) is 10.6. The predicted molar refractivity (Wildman–Crippen MR) is 100 cm³/mol. The highest BCUT2D eigenvalue weighted by molar-refractivity contribution is 7.91. The number of hydrogen-bond acceptors (Lipinski definition) is 4. The Bertz CT molecular complexity index is 901. The van der Waals surface area contributed by atoms with Crippen LogP contribution in [0.3, 0.4) is 0 Å². The lowest BCUT2D eigenvalue weighted by Crippen LogP contribution is -2.41. The van der Waals surface area contributed by atoms with Crippen LogP contribution >= 0.6 is 0 Å². The molecule has 0 aromatic heterocycles. The fourth-order valence-electron chi connectivity index (χ4n) is 3.39. The summed E-state index contributed by atoms with van der Waals surface area (Å²) in [5.74, 6) is -1.31. The van der Waals surface area contributed by atoms with Gasteiger partial charge in [0.25, 0.3) is 5.91 Å². The average molecular weight is 391 g/mol. The SMILES string of the molecule is O=C([C@H](O)Cc1ccccc1)N1CC[C@H](c2ccccc2F)S(=O)(=O)CC1. The number of sulfone groups is 1. The molecule has 0 bridgehead atoms. The van der Waals surface area contributed by atoms with Crippen molar-refractivity contribution < 1.29 is 22.7 Å². The monoisotopic (exact) mass is 391 g/mol. The van der Waals surface area contributed by atoms with E-state index in [1.54, 1.807) is 6.07 Å². The van der Waals surface area contributed by atoms with E-state index in [2.05, 4.69) is 0 Å². The van der Waals surface area contributed by atoms with Crippen LogP contribution < -0.4 is 0 Å². The number of carbonyl (C=O) groups is 1. The van der Waals surface area contributed by atoms with Crippen molar-refractivity contribution in [2.24, 2.45) is 0 Å². The summed E-state index contributed by atoms with van der Waals surface area (Å²) in [7, 11) is -3.60. The van der Waals surface area contributed by atoms with Gasteiger partial charge in [0.05, 0.1) is 11.0 Å². The van der Waals surface area contributed by atoms with Crippen molar-refractivity contribution >= 4 is 15.7 Å².